The van der Waals surface area contributed by atoms with E-state index in [2.05, 4.69) is 10.1 Å². The van der Waals surface area contributed by atoms with E-state index in [-0.39, 0.29) is 13.0 Å². The fourth-order valence-electron chi connectivity index (χ4n) is 1.68. The van der Waals surface area contributed by atoms with Crippen molar-refractivity contribution in [2.24, 2.45) is 0 Å². The van der Waals surface area contributed by atoms with Crippen LogP contribution in [0.5, 0.6) is 0 Å². The molecule has 0 bridgehead atoms. The monoisotopic (exact) mass is 294 g/mol. The number of carboxylic acids is 1. The van der Waals surface area contributed by atoms with Gasteiger partial charge in [0, 0.05) is 12.2 Å². The lowest BCUT2D eigenvalue weighted by Crippen LogP contribution is -2.39. The lowest BCUT2D eigenvalue weighted by atomic mass is 10.1. The highest BCUT2D eigenvalue weighted by atomic mass is 16.5. The summed E-state index contributed by atoms with van der Waals surface area (Å²) >= 11 is 0. The number of carboxylic acid groups (broad SMARTS) is 1. The smallest absolute Gasteiger partial charge is 0.325 e. The Hall–Kier alpha value is -2.57. The highest BCUT2D eigenvalue weighted by molar-refractivity contribution is 5.91. The highest BCUT2D eigenvalue weighted by Crippen LogP contribution is 2.12. The summed E-state index contributed by atoms with van der Waals surface area (Å²) < 4.78 is 4.52. The molecule has 0 radical (unpaired) electrons. The van der Waals surface area contributed by atoms with Gasteiger partial charge in [-0.15, -0.1) is 0 Å². The van der Waals surface area contributed by atoms with Gasteiger partial charge in [0.15, 0.2) is 0 Å². The third kappa shape index (κ3) is 5.52. The van der Waals surface area contributed by atoms with Crippen LogP contribution in [0.2, 0.25) is 0 Å². The van der Waals surface area contributed by atoms with Crippen LogP contribution < -0.4 is 5.32 Å². The van der Waals surface area contributed by atoms with Gasteiger partial charge in [-0.25, -0.2) is 4.79 Å². The molecule has 0 spiro atoms. The van der Waals surface area contributed by atoms with E-state index in [4.69, 9.17) is 5.11 Å². The van der Waals surface area contributed by atoms with Crippen molar-refractivity contribution in [1.82, 2.24) is 4.90 Å². The maximum Gasteiger partial charge on any atom is 0.325 e. The normalized spacial score (nSPS) is 9.81. The van der Waals surface area contributed by atoms with Gasteiger partial charge in [-0.1, -0.05) is 12.1 Å². The molecular weight excluding hydrogens is 276 g/mol. The minimum atomic E-state index is -0.945. The summed E-state index contributed by atoms with van der Waals surface area (Å²) in [6.07, 6.45) is -0.122. The Morgan fingerprint density at radius 3 is 2.62 bits per heavy atom. The largest absolute Gasteiger partial charge is 0.481 e. The molecule has 2 amide bonds. The lowest BCUT2D eigenvalue weighted by Gasteiger charge is -2.20. The SMILES string of the molecule is CCN(CC(=O)OC)C(=O)Nc1cccc(CC(=O)O)c1. The number of carbonyl (C=O) groups excluding carboxylic acids is 2. The number of ether oxygens (including phenoxy) is 1. The van der Waals surface area contributed by atoms with Crippen molar-refractivity contribution < 1.29 is 24.2 Å². The number of anilines is 1. The van der Waals surface area contributed by atoms with Gasteiger partial charge in [-0.3, -0.25) is 9.59 Å². The topological polar surface area (TPSA) is 95.9 Å². The first-order valence-corrected chi connectivity index (χ1v) is 6.39. The van der Waals surface area contributed by atoms with E-state index in [9.17, 15) is 14.4 Å². The molecule has 0 atom stereocenters. The molecule has 7 heteroatoms. The predicted octanol–water partition coefficient (Wildman–Crippen LogP) is 1.34. The summed E-state index contributed by atoms with van der Waals surface area (Å²) in [6.45, 7) is 1.94. The molecule has 0 aromatic heterocycles. The molecule has 0 fully saturated rings. The van der Waals surface area contributed by atoms with Gasteiger partial charge in [0.2, 0.25) is 0 Å². The van der Waals surface area contributed by atoms with Crippen LogP contribution in [0.25, 0.3) is 0 Å². The molecule has 0 saturated carbocycles. The standard InChI is InChI=1S/C14H18N2O5/c1-3-16(9-13(19)21-2)14(20)15-11-6-4-5-10(7-11)8-12(17)18/h4-7H,3,8-9H2,1-2H3,(H,15,20)(H,17,18). The van der Waals surface area contributed by atoms with Crippen LogP contribution in [0, 0.1) is 0 Å². The number of carbonyl (C=O) groups is 3. The van der Waals surface area contributed by atoms with E-state index >= 15 is 0 Å². The van der Waals surface area contributed by atoms with E-state index < -0.39 is 18.0 Å². The molecule has 1 aromatic rings. The Kier molecular flexibility index (Phi) is 6.19. The second kappa shape index (κ2) is 7.88. The lowest BCUT2D eigenvalue weighted by molar-refractivity contribution is -0.141. The van der Waals surface area contributed by atoms with Gasteiger partial charge in [-0.05, 0) is 24.6 Å². The van der Waals surface area contributed by atoms with E-state index in [1.807, 2.05) is 0 Å². The van der Waals surface area contributed by atoms with Crippen molar-refractivity contribution in [2.45, 2.75) is 13.3 Å². The number of benzene rings is 1. The van der Waals surface area contributed by atoms with Crippen molar-refractivity contribution in [3.63, 3.8) is 0 Å². The average molecular weight is 294 g/mol. The summed E-state index contributed by atoms with van der Waals surface area (Å²) in [6, 6.07) is 6.10. The number of methoxy groups -OCH3 is 1. The maximum absolute atomic E-state index is 12.0. The maximum atomic E-state index is 12.0. The molecule has 114 valence electrons. The average Bonchev–Trinajstić information content (AvgIpc) is 2.43. The third-order valence-corrected chi connectivity index (χ3v) is 2.75. The molecule has 21 heavy (non-hydrogen) atoms. The second-order valence-electron chi connectivity index (χ2n) is 4.29. The molecular formula is C14H18N2O5. The quantitative estimate of drug-likeness (QED) is 0.772. The van der Waals surface area contributed by atoms with Crippen LogP contribution in [0.1, 0.15) is 12.5 Å². The number of urea groups is 1. The minimum absolute atomic E-state index is 0.122. The number of nitrogens with zero attached hydrogens (tertiary/aromatic N) is 1. The zero-order chi connectivity index (χ0) is 15.8. The number of esters is 1. The number of rotatable bonds is 6. The van der Waals surface area contributed by atoms with Crippen LogP contribution in [0.4, 0.5) is 10.5 Å². The summed E-state index contributed by atoms with van der Waals surface area (Å²) in [7, 11) is 1.25. The summed E-state index contributed by atoms with van der Waals surface area (Å²) in [5.74, 6) is -1.45. The first-order chi connectivity index (χ1) is 9.96. The number of aliphatic carboxylic acids is 1. The van der Waals surface area contributed by atoms with Gasteiger partial charge in [-0.2, -0.15) is 0 Å². The van der Waals surface area contributed by atoms with Crippen LogP contribution in [-0.4, -0.2) is 48.2 Å². The second-order valence-corrected chi connectivity index (χ2v) is 4.29. The Labute approximate surface area is 122 Å². The Morgan fingerprint density at radius 1 is 1.33 bits per heavy atom. The molecule has 0 aliphatic carbocycles. The Morgan fingerprint density at radius 2 is 2.05 bits per heavy atom. The molecule has 7 nitrogen and oxygen atoms in total. The number of amides is 2. The van der Waals surface area contributed by atoms with Crippen LogP contribution in [0.15, 0.2) is 24.3 Å². The summed E-state index contributed by atoms with van der Waals surface area (Å²) in [4.78, 5) is 35.2. The number of hydrogen-bond donors (Lipinski definition) is 2. The molecule has 1 aromatic carbocycles. The van der Waals surface area contributed by atoms with Crippen LogP contribution in [-0.2, 0) is 20.7 Å². The number of nitrogens with one attached hydrogen (secondary N) is 1. The van der Waals surface area contributed by atoms with Gasteiger partial charge in [0.1, 0.15) is 6.54 Å². The van der Waals surface area contributed by atoms with E-state index in [0.717, 1.165) is 0 Å². The van der Waals surface area contributed by atoms with Crippen molar-refractivity contribution in [1.29, 1.82) is 0 Å². The highest BCUT2D eigenvalue weighted by Gasteiger charge is 2.16. The van der Waals surface area contributed by atoms with Crippen LogP contribution in [0.3, 0.4) is 0 Å². The van der Waals surface area contributed by atoms with E-state index in [1.54, 1.807) is 31.2 Å². The molecule has 0 aliphatic heterocycles. The third-order valence-electron chi connectivity index (χ3n) is 2.75. The number of hydrogen-bond acceptors (Lipinski definition) is 4. The zero-order valence-electron chi connectivity index (χ0n) is 12.0. The Balaban J connectivity index is 2.72. The molecule has 1 rings (SSSR count). The van der Waals surface area contributed by atoms with E-state index in [0.29, 0.717) is 17.8 Å². The van der Waals surface area contributed by atoms with Crippen molar-refractivity contribution in [3.05, 3.63) is 29.8 Å². The van der Waals surface area contributed by atoms with Crippen molar-refractivity contribution in [3.8, 4) is 0 Å². The summed E-state index contributed by atoms with van der Waals surface area (Å²) in [5, 5.41) is 11.4. The van der Waals surface area contributed by atoms with Gasteiger partial charge in [0.05, 0.1) is 13.5 Å². The Bertz CT molecular complexity index is 530. The molecule has 2 N–H and O–H groups in total. The van der Waals surface area contributed by atoms with E-state index in [1.165, 1.54) is 12.0 Å². The minimum Gasteiger partial charge on any atom is -0.481 e. The van der Waals surface area contributed by atoms with Crippen LogP contribution >= 0.6 is 0 Å². The first kappa shape index (κ1) is 16.5. The molecule has 0 aliphatic rings. The zero-order valence-corrected chi connectivity index (χ0v) is 12.0. The van der Waals surface area contributed by atoms with Gasteiger partial charge < -0.3 is 20.1 Å². The summed E-state index contributed by atoms with van der Waals surface area (Å²) in [5.41, 5.74) is 1.05. The predicted molar refractivity (Wildman–Crippen MR) is 76.1 cm³/mol. The fraction of sp³-hybridized carbons (Fsp3) is 0.357. The molecule has 0 unspecified atom stereocenters. The van der Waals surface area contributed by atoms with Gasteiger partial charge >= 0.3 is 18.0 Å². The number of likely N-dealkylation sites (N-methyl/N-ethyl adjacent to an activating group) is 1. The van der Waals surface area contributed by atoms with Gasteiger partial charge in [0.25, 0.3) is 0 Å². The molecule has 0 heterocycles. The molecule has 0 saturated heterocycles. The fourth-order valence-corrected chi connectivity index (χ4v) is 1.68. The van der Waals surface area contributed by atoms with Crippen molar-refractivity contribution >= 4 is 23.7 Å². The van der Waals surface area contributed by atoms with Crippen molar-refractivity contribution in [2.75, 3.05) is 25.5 Å². The first-order valence-electron chi connectivity index (χ1n) is 6.39.